The van der Waals surface area contributed by atoms with Crippen LogP contribution < -0.4 is 0 Å². The molecule has 0 fully saturated rings. The third-order valence-electron chi connectivity index (χ3n) is 3.19. The summed E-state index contributed by atoms with van der Waals surface area (Å²) < 4.78 is 24.0. The van der Waals surface area contributed by atoms with E-state index in [-0.39, 0.29) is 12.2 Å². The predicted molar refractivity (Wildman–Crippen MR) is 68.6 cm³/mol. The number of benzene rings is 1. The number of rotatable bonds is 3. The number of sulfone groups is 1. The lowest BCUT2D eigenvalue weighted by atomic mass is 9.92. The van der Waals surface area contributed by atoms with Crippen molar-refractivity contribution in [2.75, 3.05) is 5.75 Å². The molecule has 1 aliphatic rings. The molecule has 1 aromatic rings. The number of aryl methyl sites for hydroxylation is 2. The summed E-state index contributed by atoms with van der Waals surface area (Å²) >= 11 is 0. The zero-order chi connectivity index (χ0) is 12.3. The summed E-state index contributed by atoms with van der Waals surface area (Å²) in [6.45, 7) is 0. The highest BCUT2D eigenvalue weighted by Crippen LogP contribution is 2.24. The smallest absolute Gasteiger partial charge is 0.179 e. The van der Waals surface area contributed by atoms with Crippen molar-refractivity contribution < 1.29 is 8.42 Å². The molecule has 1 aliphatic carbocycles. The molecule has 0 N–H and O–H groups in total. The number of hydrogen-bond acceptors (Lipinski definition) is 2. The molecule has 0 heterocycles. The maximum atomic E-state index is 12.0. The molecule has 0 unspecified atom stereocenters. The molecule has 0 saturated heterocycles. The SMILES string of the molecule is C#CCCS(=O)(=O)c1ccc2c(c1)CCCC2. The third-order valence-corrected chi connectivity index (χ3v) is 4.91. The fraction of sp³-hybridized carbons (Fsp3) is 0.429. The van der Waals surface area contributed by atoms with E-state index < -0.39 is 9.84 Å². The fourth-order valence-corrected chi connectivity index (χ4v) is 3.43. The molecule has 1 aromatic carbocycles. The molecule has 0 aromatic heterocycles. The van der Waals surface area contributed by atoms with Gasteiger partial charge in [-0.05, 0) is 48.9 Å². The molecule has 0 amide bonds. The van der Waals surface area contributed by atoms with Crippen LogP contribution in [0.4, 0.5) is 0 Å². The van der Waals surface area contributed by atoms with Crippen molar-refractivity contribution in [3.8, 4) is 12.3 Å². The summed E-state index contributed by atoms with van der Waals surface area (Å²) in [5.74, 6) is 2.42. The topological polar surface area (TPSA) is 34.1 Å². The molecule has 0 saturated carbocycles. The van der Waals surface area contributed by atoms with Gasteiger partial charge in [-0.25, -0.2) is 8.42 Å². The van der Waals surface area contributed by atoms with E-state index >= 15 is 0 Å². The van der Waals surface area contributed by atoms with Crippen LogP contribution in [0.3, 0.4) is 0 Å². The molecule has 2 nitrogen and oxygen atoms in total. The van der Waals surface area contributed by atoms with E-state index in [1.54, 1.807) is 6.07 Å². The minimum atomic E-state index is -3.20. The summed E-state index contributed by atoms with van der Waals surface area (Å²) in [5, 5.41) is 0. The largest absolute Gasteiger partial charge is 0.224 e. The molecule has 17 heavy (non-hydrogen) atoms. The second-order valence-electron chi connectivity index (χ2n) is 4.41. The standard InChI is InChI=1S/C14H16O2S/c1-2-3-10-17(15,16)14-9-8-12-6-4-5-7-13(12)11-14/h1,8-9,11H,3-7,10H2. The predicted octanol–water partition coefficient (Wildman–Crippen LogP) is 2.36. The molecule has 0 radical (unpaired) electrons. The van der Waals surface area contributed by atoms with Gasteiger partial charge in [-0.15, -0.1) is 12.3 Å². The lowest BCUT2D eigenvalue weighted by molar-refractivity contribution is 0.595. The zero-order valence-corrected chi connectivity index (χ0v) is 10.6. The Balaban J connectivity index is 2.31. The van der Waals surface area contributed by atoms with Crippen LogP contribution in [0.5, 0.6) is 0 Å². The van der Waals surface area contributed by atoms with Gasteiger partial charge in [0.1, 0.15) is 0 Å². The molecular formula is C14H16O2S. The van der Waals surface area contributed by atoms with Gasteiger partial charge in [0.2, 0.25) is 0 Å². The van der Waals surface area contributed by atoms with Gasteiger partial charge in [0, 0.05) is 6.42 Å². The van der Waals surface area contributed by atoms with Crippen LogP contribution in [0.2, 0.25) is 0 Å². The highest BCUT2D eigenvalue weighted by atomic mass is 32.2. The van der Waals surface area contributed by atoms with Crippen molar-refractivity contribution >= 4 is 9.84 Å². The second kappa shape index (κ2) is 4.93. The fourth-order valence-electron chi connectivity index (χ4n) is 2.21. The molecular weight excluding hydrogens is 232 g/mol. The van der Waals surface area contributed by atoms with E-state index in [9.17, 15) is 8.42 Å². The van der Waals surface area contributed by atoms with Crippen molar-refractivity contribution in [1.82, 2.24) is 0 Å². The lowest BCUT2D eigenvalue weighted by Crippen LogP contribution is -2.09. The summed E-state index contributed by atoms with van der Waals surface area (Å²) in [7, 11) is -3.20. The van der Waals surface area contributed by atoms with Gasteiger partial charge in [-0.3, -0.25) is 0 Å². The zero-order valence-electron chi connectivity index (χ0n) is 9.78. The Morgan fingerprint density at radius 3 is 2.59 bits per heavy atom. The number of fused-ring (bicyclic) bond motifs is 1. The molecule has 0 aliphatic heterocycles. The number of terminal acetylenes is 1. The average molecular weight is 248 g/mol. The van der Waals surface area contributed by atoms with Gasteiger partial charge in [0.15, 0.2) is 9.84 Å². The van der Waals surface area contributed by atoms with Crippen molar-refractivity contribution in [3.63, 3.8) is 0 Å². The Morgan fingerprint density at radius 1 is 1.18 bits per heavy atom. The first-order chi connectivity index (χ1) is 8.13. The van der Waals surface area contributed by atoms with Crippen LogP contribution in [-0.4, -0.2) is 14.2 Å². The highest BCUT2D eigenvalue weighted by molar-refractivity contribution is 7.91. The van der Waals surface area contributed by atoms with Crippen LogP contribution >= 0.6 is 0 Å². The monoisotopic (exact) mass is 248 g/mol. The van der Waals surface area contributed by atoms with E-state index in [2.05, 4.69) is 5.92 Å². The highest BCUT2D eigenvalue weighted by Gasteiger charge is 2.17. The van der Waals surface area contributed by atoms with Gasteiger partial charge in [0.05, 0.1) is 10.6 Å². The molecule has 0 bridgehead atoms. The van der Waals surface area contributed by atoms with Gasteiger partial charge in [-0.2, -0.15) is 0 Å². The first-order valence-corrected chi connectivity index (χ1v) is 7.57. The summed E-state index contributed by atoms with van der Waals surface area (Å²) in [4.78, 5) is 0.424. The third kappa shape index (κ3) is 2.70. The van der Waals surface area contributed by atoms with Gasteiger partial charge in [-0.1, -0.05) is 6.07 Å². The molecule has 0 atom stereocenters. The van der Waals surface area contributed by atoms with Crippen LogP contribution in [0.15, 0.2) is 23.1 Å². The Kier molecular flexibility index (Phi) is 3.54. The van der Waals surface area contributed by atoms with Crippen LogP contribution in [0.1, 0.15) is 30.4 Å². The van der Waals surface area contributed by atoms with Gasteiger partial charge in [0.25, 0.3) is 0 Å². The average Bonchev–Trinajstić information content (AvgIpc) is 2.36. The maximum Gasteiger partial charge on any atom is 0.179 e. The molecule has 3 heteroatoms. The quantitative estimate of drug-likeness (QED) is 0.770. The Bertz CT molecular complexity index is 550. The molecule has 90 valence electrons. The van der Waals surface area contributed by atoms with E-state index in [1.165, 1.54) is 17.5 Å². The summed E-state index contributed by atoms with van der Waals surface area (Å²) in [5.41, 5.74) is 2.49. The van der Waals surface area contributed by atoms with Crippen LogP contribution in [0.25, 0.3) is 0 Å². The summed E-state index contributed by atoms with van der Waals surface area (Å²) in [6.07, 6.45) is 9.81. The number of hydrogen-bond donors (Lipinski definition) is 0. The Morgan fingerprint density at radius 2 is 1.88 bits per heavy atom. The van der Waals surface area contributed by atoms with E-state index in [0.717, 1.165) is 19.3 Å². The first-order valence-electron chi connectivity index (χ1n) is 5.91. The first kappa shape index (κ1) is 12.2. The molecule has 2 rings (SSSR count). The van der Waals surface area contributed by atoms with Crippen molar-refractivity contribution in [2.45, 2.75) is 37.0 Å². The van der Waals surface area contributed by atoms with E-state index in [1.807, 2.05) is 12.1 Å². The molecule has 0 spiro atoms. The van der Waals surface area contributed by atoms with Gasteiger partial charge >= 0.3 is 0 Å². The van der Waals surface area contributed by atoms with Crippen molar-refractivity contribution in [1.29, 1.82) is 0 Å². The Labute approximate surface area is 103 Å². The van der Waals surface area contributed by atoms with Crippen LogP contribution in [-0.2, 0) is 22.7 Å². The second-order valence-corrected chi connectivity index (χ2v) is 6.52. The van der Waals surface area contributed by atoms with E-state index in [0.29, 0.717) is 4.90 Å². The normalized spacial score (nSPS) is 15.0. The van der Waals surface area contributed by atoms with Crippen LogP contribution in [0, 0.1) is 12.3 Å². The minimum Gasteiger partial charge on any atom is -0.224 e. The van der Waals surface area contributed by atoms with E-state index in [4.69, 9.17) is 6.42 Å². The maximum absolute atomic E-state index is 12.0. The minimum absolute atomic E-state index is 0.0439. The van der Waals surface area contributed by atoms with Gasteiger partial charge < -0.3 is 0 Å². The van der Waals surface area contributed by atoms with Crippen molar-refractivity contribution in [3.05, 3.63) is 29.3 Å². The Hall–Kier alpha value is -1.27. The van der Waals surface area contributed by atoms with Crippen molar-refractivity contribution in [2.24, 2.45) is 0 Å². The lowest BCUT2D eigenvalue weighted by Gasteiger charge is -2.16. The summed E-state index contributed by atoms with van der Waals surface area (Å²) in [6, 6.07) is 5.51.